The smallest absolute Gasteiger partial charge is 0.0541 e. The van der Waals surface area contributed by atoms with E-state index in [1.54, 1.807) is 0 Å². The first kappa shape index (κ1) is 26.9. The molecule has 224 valence electrons. The number of nitrogens with zero attached hydrogens (tertiary/aromatic N) is 2. The molecule has 9 aromatic rings. The maximum atomic E-state index is 3.08. The topological polar surface area (TPSA) is 9.86 Å². The molecule has 0 spiro atoms. The highest BCUT2D eigenvalue weighted by atomic mass is 15.0. The van der Waals surface area contributed by atoms with E-state index >= 15 is 0 Å². The van der Waals surface area contributed by atoms with Gasteiger partial charge in [0.15, 0.2) is 0 Å². The van der Waals surface area contributed by atoms with Crippen molar-refractivity contribution in [2.75, 3.05) is 0 Å². The summed E-state index contributed by atoms with van der Waals surface area (Å²) in [6, 6.07) is 61.1. The van der Waals surface area contributed by atoms with Gasteiger partial charge in [-0.15, -0.1) is 0 Å². The fraction of sp³-hybridized carbons (Fsp3) is 0.0435. The molecule has 1 aliphatic carbocycles. The molecule has 48 heavy (non-hydrogen) atoms. The zero-order valence-electron chi connectivity index (χ0n) is 26.3. The second-order valence-corrected chi connectivity index (χ2v) is 12.8. The lowest BCUT2D eigenvalue weighted by Crippen LogP contribution is -2.31. The number of aromatic nitrogens is 2. The van der Waals surface area contributed by atoms with E-state index in [4.69, 9.17) is 0 Å². The number of fused-ring (bicyclic) bond motifs is 7. The van der Waals surface area contributed by atoms with Crippen molar-refractivity contribution in [3.8, 4) is 22.5 Å². The first-order valence-electron chi connectivity index (χ1n) is 16.6. The summed E-state index contributed by atoms with van der Waals surface area (Å²) in [7, 11) is 0. The van der Waals surface area contributed by atoms with E-state index in [0.717, 1.165) is 12.0 Å². The Morgan fingerprint density at radius 1 is 0.521 bits per heavy atom. The number of benzene rings is 6. The van der Waals surface area contributed by atoms with Gasteiger partial charge in [0.05, 0.1) is 16.6 Å². The van der Waals surface area contributed by atoms with Crippen molar-refractivity contribution in [1.29, 1.82) is 0 Å². The van der Waals surface area contributed by atoms with Gasteiger partial charge in [0.2, 0.25) is 0 Å². The third-order valence-electron chi connectivity index (χ3n) is 10.1. The normalized spacial score (nSPS) is 14.1. The lowest BCUT2D eigenvalue weighted by atomic mass is 9.90. The molecule has 0 aliphatic heterocycles. The van der Waals surface area contributed by atoms with E-state index in [9.17, 15) is 0 Å². The van der Waals surface area contributed by atoms with E-state index in [1.165, 1.54) is 76.6 Å². The number of hydrogen-bond acceptors (Lipinski definition) is 0. The van der Waals surface area contributed by atoms with Crippen LogP contribution in [-0.4, -0.2) is 9.13 Å². The maximum absolute atomic E-state index is 3.08. The monoisotopic (exact) mass is 610 g/mol. The molecular formula is C46H30N2. The zero-order valence-corrected chi connectivity index (χ0v) is 26.3. The Morgan fingerprint density at radius 3 is 2.08 bits per heavy atom. The summed E-state index contributed by atoms with van der Waals surface area (Å²) in [5.74, 6) is 0.289. The van der Waals surface area contributed by atoms with Crippen molar-refractivity contribution in [3.63, 3.8) is 0 Å². The van der Waals surface area contributed by atoms with Gasteiger partial charge in [0, 0.05) is 44.0 Å². The van der Waals surface area contributed by atoms with E-state index in [0.29, 0.717) is 0 Å². The number of para-hydroxylation sites is 2. The molecule has 2 aromatic heterocycles. The fourth-order valence-electron chi connectivity index (χ4n) is 7.82. The molecule has 10 rings (SSSR count). The quantitative estimate of drug-likeness (QED) is 0.188. The van der Waals surface area contributed by atoms with Gasteiger partial charge in [-0.1, -0.05) is 109 Å². The molecule has 7 aromatic carbocycles. The molecule has 1 aliphatic rings. The summed E-state index contributed by atoms with van der Waals surface area (Å²) in [6.45, 7) is 0. The Balaban J connectivity index is 1.10. The van der Waals surface area contributed by atoms with Crippen molar-refractivity contribution in [1.82, 2.24) is 9.13 Å². The minimum atomic E-state index is 0.289. The second kappa shape index (κ2) is 10.6. The third-order valence-corrected chi connectivity index (χ3v) is 10.1. The molecule has 2 heteroatoms. The van der Waals surface area contributed by atoms with Gasteiger partial charge in [-0.25, -0.2) is 0 Å². The molecule has 0 amide bonds. The molecule has 2 nitrogen and oxygen atoms in total. The van der Waals surface area contributed by atoms with Crippen molar-refractivity contribution in [2.45, 2.75) is 12.3 Å². The molecule has 2 heterocycles. The summed E-state index contributed by atoms with van der Waals surface area (Å²) < 4.78 is 4.84. The van der Waals surface area contributed by atoms with Gasteiger partial charge in [0.25, 0.3) is 0 Å². The molecule has 0 saturated heterocycles. The van der Waals surface area contributed by atoms with Gasteiger partial charge in [-0.3, -0.25) is 0 Å². The molecule has 0 bridgehead atoms. The molecule has 0 fully saturated rings. The van der Waals surface area contributed by atoms with Crippen LogP contribution >= 0.6 is 0 Å². The van der Waals surface area contributed by atoms with Crippen LogP contribution in [0.3, 0.4) is 0 Å². The number of rotatable bonds is 4. The van der Waals surface area contributed by atoms with Gasteiger partial charge in [0.1, 0.15) is 0 Å². The van der Waals surface area contributed by atoms with Gasteiger partial charge < -0.3 is 9.13 Å². The Labute approximate surface area is 278 Å². The Kier molecular flexibility index (Phi) is 5.95. The summed E-state index contributed by atoms with van der Waals surface area (Å²) in [5.41, 5.74) is 9.76. The zero-order chi connectivity index (χ0) is 31.6. The van der Waals surface area contributed by atoms with Crippen molar-refractivity contribution in [3.05, 3.63) is 180 Å². The maximum Gasteiger partial charge on any atom is 0.0541 e. The predicted octanol–water partition coefficient (Wildman–Crippen LogP) is 9.90. The molecular weight excluding hydrogens is 581 g/mol. The predicted molar refractivity (Wildman–Crippen MR) is 200 cm³/mol. The highest BCUT2D eigenvalue weighted by Crippen LogP contribution is 2.36. The second-order valence-electron chi connectivity index (χ2n) is 12.8. The first-order valence-corrected chi connectivity index (χ1v) is 16.6. The number of hydrogen-bond donors (Lipinski definition) is 0. The minimum absolute atomic E-state index is 0.289. The average molecular weight is 611 g/mol. The molecule has 1 atom stereocenters. The largest absolute Gasteiger partial charge is 0.310 e. The lowest BCUT2D eigenvalue weighted by Gasteiger charge is -2.16. The van der Waals surface area contributed by atoms with E-state index in [2.05, 4.69) is 173 Å². The van der Waals surface area contributed by atoms with Crippen LogP contribution in [0.4, 0.5) is 0 Å². The molecule has 0 radical (unpaired) electrons. The van der Waals surface area contributed by atoms with Crippen LogP contribution in [0.2, 0.25) is 0 Å². The van der Waals surface area contributed by atoms with Crippen LogP contribution in [0.1, 0.15) is 17.9 Å². The van der Waals surface area contributed by atoms with Crippen LogP contribution < -0.4 is 10.6 Å². The lowest BCUT2D eigenvalue weighted by molar-refractivity contribution is 0.909. The van der Waals surface area contributed by atoms with Crippen LogP contribution in [0.5, 0.6) is 0 Å². The highest BCUT2D eigenvalue weighted by Gasteiger charge is 2.19. The van der Waals surface area contributed by atoms with Crippen LogP contribution in [0.15, 0.2) is 152 Å². The Hall–Kier alpha value is -6.30. The van der Waals surface area contributed by atoms with Crippen LogP contribution in [-0.2, 0) is 0 Å². The fourth-order valence-corrected chi connectivity index (χ4v) is 7.82. The van der Waals surface area contributed by atoms with E-state index in [-0.39, 0.29) is 5.92 Å². The van der Waals surface area contributed by atoms with Gasteiger partial charge in [-0.2, -0.15) is 0 Å². The van der Waals surface area contributed by atoms with Crippen molar-refractivity contribution in [2.24, 2.45) is 0 Å². The summed E-state index contributed by atoms with van der Waals surface area (Å²) in [5, 5.41) is 8.98. The van der Waals surface area contributed by atoms with Crippen LogP contribution in [0.25, 0.3) is 78.1 Å². The van der Waals surface area contributed by atoms with E-state index < -0.39 is 0 Å². The Bertz CT molecular complexity index is 2800. The molecule has 1 unspecified atom stereocenters. The standard InChI is InChI=1S/C46H30N2/c1-2-10-31(11-3-1)33-18-23-37(24-19-33)47-43-16-8-6-14-39(43)41-29-35(21-26-45(41)47)36-22-27-46-42(30-36)40-15-7-9-17-44(40)48(46)38-25-20-32-12-4-5-13-34(32)28-38/h2,4-20,22-30,35H,21H2. The third kappa shape index (κ3) is 4.15. The molecule has 0 N–H and O–H groups in total. The summed E-state index contributed by atoms with van der Waals surface area (Å²) in [4.78, 5) is 0. The molecule has 0 saturated carbocycles. The average Bonchev–Trinajstić information content (AvgIpc) is 3.67. The van der Waals surface area contributed by atoms with Gasteiger partial charge in [-0.05, 0) is 101 Å². The van der Waals surface area contributed by atoms with Crippen molar-refractivity contribution >= 4 is 55.6 Å². The SMILES string of the molecule is c1ccc(-c2ccc(-n3c4c(c5ccccc53)=CC(c3ccc5c(c3)c3ccccc3n5-c3ccc5ccccc5c3)CC=4)cc2)cc#1. The van der Waals surface area contributed by atoms with Crippen LogP contribution in [0, 0.1) is 12.1 Å². The van der Waals surface area contributed by atoms with Gasteiger partial charge >= 0.3 is 0 Å². The van der Waals surface area contributed by atoms with Crippen molar-refractivity contribution < 1.29 is 0 Å². The first-order chi connectivity index (χ1) is 23.8. The Morgan fingerprint density at radius 2 is 1.25 bits per heavy atom. The highest BCUT2D eigenvalue weighted by molar-refractivity contribution is 6.09. The summed E-state index contributed by atoms with van der Waals surface area (Å²) in [6.07, 6.45) is 5.90. The summed E-state index contributed by atoms with van der Waals surface area (Å²) >= 11 is 0. The van der Waals surface area contributed by atoms with E-state index in [1.807, 2.05) is 12.1 Å². The minimum Gasteiger partial charge on any atom is -0.310 e.